The van der Waals surface area contributed by atoms with Gasteiger partial charge in [0.25, 0.3) is 0 Å². The topological polar surface area (TPSA) is 57.6 Å². The maximum absolute atomic E-state index is 12.4. The number of sulfonamides is 1. The second-order valence-electron chi connectivity index (χ2n) is 3.81. The highest BCUT2D eigenvalue weighted by molar-refractivity contribution is 7.89. The smallest absolute Gasteiger partial charge is 0.243 e. The first-order valence-corrected chi connectivity index (χ1v) is 7.40. The highest BCUT2D eigenvalue weighted by Crippen LogP contribution is 2.23. The highest BCUT2D eigenvalue weighted by atomic mass is 35.5. The van der Waals surface area contributed by atoms with Gasteiger partial charge in [0.2, 0.25) is 10.0 Å². The summed E-state index contributed by atoms with van der Waals surface area (Å²) in [5.74, 6) is 0. The number of nitrogens with zero attached hydrogens (tertiary/aromatic N) is 1. The molecule has 1 aromatic carbocycles. The molecule has 1 aromatic rings. The van der Waals surface area contributed by atoms with E-state index in [1.807, 2.05) is 0 Å². The molecular weight excluding hydrogens is 286 g/mol. The molecule has 0 aliphatic rings. The van der Waals surface area contributed by atoms with Crippen LogP contribution in [0.2, 0.25) is 5.02 Å². The molecule has 0 saturated carbocycles. The molecule has 0 fully saturated rings. The van der Waals surface area contributed by atoms with Crippen molar-refractivity contribution < 1.29 is 13.5 Å². The van der Waals surface area contributed by atoms with E-state index in [2.05, 4.69) is 13.2 Å². The summed E-state index contributed by atoms with van der Waals surface area (Å²) in [6.45, 7) is 7.13. The maximum atomic E-state index is 12.4. The van der Waals surface area contributed by atoms with E-state index in [0.29, 0.717) is 10.6 Å². The Labute approximate surface area is 118 Å². The Morgan fingerprint density at radius 2 is 1.84 bits per heavy atom. The monoisotopic (exact) mass is 301 g/mol. The van der Waals surface area contributed by atoms with Gasteiger partial charge in [-0.3, -0.25) is 0 Å². The van der Waals surface area contributed by atoms with E-state index in [1.165, 1.54) is 34.7 Å². The van der Waals surface area contributed by atoms with Crippen molar-refractivity contribution >= 4 is 21.6 Å². The summed E-state index contributed by atoms with van der Waals surface area (Å²) in [7, 11) is -3.65. The van der Waals surface area contributed by atoms with Crippen molar-refractivity contribution in [3.8, 4) is 0 Å². The van der Waals surface area contributed by atoms with Gasteiger partial charge >= 0.3 is 0 Å². The normalized spacial score (nSPS) is 11.5. The van der Waals surface area contributed by atoms with E-state index in [9.17, 15) is 8.42 Å². The Morgan fingerprint density at radius 3 is 2.32 bits per heavy atom. The molecule has 0 aliphatic heterocycles. The lowest BCUT2D eigenvalue weighted by molar-refractivity contribution is 0.281. The van der Waals surface area contributed by atoms with Crippen LogP contribution in [0, 0.1) is 0 Å². The molecule has 4 nitrogen and oxygen atoms in total. The second-order valence-corrected chi connectivity index (χ2v) is 6.16. The molecule has 0 spiro atoms. The van der Waals surface area contributed by atoms with Crippen LogP contribution in [0.15, 0.2) is 48.4 Å². The minimum Gasteiger partial charge on any atom is -0.392 e. The molecule has 0 saturated heterocycles. The summed E-state index contributed by atoms with van der Waals surface area (Å²) >= 11 is 5.85. The number of halogens is 1. The third-order valence-corrected chi connectivity index (χ3v) is 4.69. The van der Waals surface area contributed by atoms with Gasteiger partial charge in [0.05, 0.1) is 11.5 Å². The zero-order valence-corrected chi connectivity index (χ0v) is 12.0. The lowest BCUT2D eigenvalue weighted by atomic mass is 10.2. The standard InChI is InChI=1S/C13H16ClNO3S/c1-3-7-15(8-4-2)19(17,18)12-5-6-13(14)11(9-12)10-16/h3-6,9,16H,1-2,7-8,10H2. The first kappa shape index (κ1) is 15.9. The molecule has 0 amide bonds. The summed E-state index contributed by atoms with van der Waals surface area (Å²) in [5.41, 5.74) is 0.375. The molecule has 0 heterocycles. The third-order valence-electron chi connectivity index (χ3n) is 2.49. The number of rotatable bonds is 7. The number of hydrogen-bond acceptors (Lipinski definition) is 3. The van der Waals surface area contributed by atoms with Gasteiger partial charge in [-0.2, -0.15) is 4.31 Å². The SMILES string of the molecule is C=CCN(CC=C)S(=O)(=O)c1ccc(Cl)c(CO)c1. The molecule has 1 rings (SSSR count). The molecular formula is C13H16ClNO3S. The van der Waals surface area contributed by atoms with Crippen LogP contribution in [0.3, 0.4) is 0 Å². The minimum absolute atomic E-state index is 0.0876. The minimum atomic E-state index is -3.65. The Bertz CT molecular complexity index is 559. The summed E-state index contributed by atoms with van der Waals surface area (Å²) in [4.78, 5) is 0.0876. The van der Waals surface area contributed by atoms with Crippen molar-refractivity contribution in [1.82, 2.24) is 4.31 Å². The Morgan fingerprint density at radius 1 is 1.26 bits per heavy atom. The molecule has 1 N–H and O–H groups in total. The largest absolute Gasteiger partial charge is 0.392 e. The Hall–Kier alpha value is -1.14. The molecule has 0 radical (unpaired) electrons. The zero-order valence-electron chi connectivity index (χ0n) is 10.4. The predicted octanol–water partition coefficient (Wildman–Crippen LogP) is 2.20. The fourth-order valence-electron chi connectivity index (χ4n) is 1.54. The molecule has 0 bridgehead atoms. The van der Waals surface area contributed by atoms with Gasteiger partial charge in [-0.15, -0.1) is 13.2 Å². The van der Waals surface area contributed by atoms with Gasteiger partial charge in [-0.05, 0) is 23.8 Å². The fraction of sp³-hybridized carbons (Fsp3) is 0.231. The van der Waals surface area contributed by atoms with Crippen LogP contribution in [0.4, 0.5) is 0 Å². The van der Waals surface area contributed by atoms with Crippen LogP contribution in [-0.2, 0) is 16.6 Å². The van der Waals surface area contributed by atoms with Crippen LogP contribution < -0.4 is 0 Å². The third kappa shape index (κ3) is 3.67. The summed E-state index contributed by atoms with van der Waals surface area (Å²) in [6.07, 6.45) is 3.01. The molecule has 6 heteroatoms. The molecule has 104 valence electrons. The first-order valence-electron chi connectivity index (χ1n) is 5.58. The van der Waals surface area contributed by atoms with Crippen molar-refractivity contribution in [2.75, 3.05) is 13.1 Å². The maximum Gasteiger partial charge on any atom is 0.243 e. The van der Waals surface area contributed by atoms with Gasteiger partial charge in [0.15, 0.2) is 0 Å². The second kappa shape index (κ2) is 6.86. The number of benzene rings is 1. The zero-order chi connectivity index (χ0) is 14.5. The van der Waals surface area contributed by atoms with Gasteiger partial charge in [0.1, 0.15) is 0 Å². The number of hydrogen-bond donors (Lipinski definition) is 1. The number of aliphatic hydroxyl groups is 1. The lowest BCUT2D eigenvalue weighted by Gasteiger charge is -2.19. The van der Waals surface area contributed by atoms with Crippen molar-refractivity contribution in [1.29, 1.82) is 0 Å². The lowest BCUT2D eigenvalue weighted by Crippen LogP contribution is -2.31. The van der Waals surface area contributed by atoms with Gasteiger partial charge < -0.3 is 5.11 Å². The van der Waals surface area contributed by atoms with Crippen molar-refractivity contribution in [3.63, 3.8) is 0 Å². The fourth-order valence-corrected chi connectivity index (χ4v) is 3.15. The number of aliphatic hydroxyl groups excluding tert-OH is 1. The van der Waals surface area contributed by atoms with Gasteiger partial charge in [0, 0.05) is 18.1 Å². The van der Waals surface area contributed by atoms with E-state index in [0.717, 1.165) is 0 Å². The van der Waals surface area contributed by atoms with Crippen LogP contribution >= 0.6 is 11.6 Å². The van der Waals surface area contributed by atoms with Crippen molar-refractivity contribution in [2.24, 2.45) is 0 Å². The van der Waals surface area contributed by atoms with Crippen LogP contribution in [0.25, 0.3) is 0 Å². The Balaban J connectivity index is 3.24. The average Bonchev–Trinajstić information content (AvgIpc) is 2.38. The first-order chi connectivity index (χ1) is 8.97. The molecule has 19 heavy (non-hydrogen) atoms. The summed E-state index contributed by atoms with van der Waals surface area (Å²) < 4.78 is 26.0. The molecule has 0 unspecified atom stereocenters. The van der Waals surface area contributed by atoms with Crippen LogP contribution in [0.1, 0.15) is 5.56 Å². The van der Waals surface area contributed by atoms with E-state index < -0.39 is 10.0 Å². The van der Waals surface area contributed by atoms with Crippen molar-refractivity contribution in [3.05, 3.63) is 54.1 Å². The highest BCUT2D eigenvalue weighted by Gasteiger charge is 2.23. The van der Waals surface area contributed by atoms with Gasteiger partial charge in [-0.25, -0.2) is 8.42 Å². The summed E-state index contributed by atoms with van der Waals surface area (Å²) in [5, 5.41) is 9.46. The Kier molecular flexibility index (Phi) is 5.75. The van der Waals surface area contributed by atoms with Gasteiger partial charge in [-0.1, -0.05) is 23.8 Å². The quantitative estimate of drug-likeness (QED) is 0.786. The molecule has 0 aliphatic carbocycles. The van der Waals surface area contributed by atoms with Crippen LogP contribution in [0.5, 0.6) is 0 Å². The van der Waals surface area contributed by atoms with E-state index in [1.54, 1.807) is 0 Å². The average molecular weight is 302 g/mol. The van der Waals surface area contributed by atoms with Crippen LogP contribution in [-0.4, -0.2) is 30.9 Å². The van der Waals surface area contributed by atoms with E-state index in [-0.39, 0.29) is 24.6 Å². The van der Waals surface area contributed by atoms with Crippen molar-refractivity contribution in [2.45, 2.75) is 11.5 Å². The molecule has 0 aromatic heterocycles. The molecule has 0 atom stereocenters. The summed E-state index contributed by atoms with van der Waals surface area (Å²) in [6, 6.07) is 4.24. The van der Waals surface area contributed by atoms with E-state index >= 15 is 0 Å². The predicted molar refractivity (Wildman–Crippen MR) is 76.5 cm³/mol. The van der Waals surface area contributed by atoms with E-state index in [4.69, 9.17) is 16.7 Å².